The van der Waals surface area contributed by atoms with Crippen LogP contribution in [-0.2, 0) is 23.8 Å². The summed E-state index contributed by atoms with van der Waals surface area (Å²) < 4.78 is 17.7. The maximum Gasteiger partial charge on any atom is 0.306 e. The van der Waals surface area contributed by atoms with E-state index in [-0.39, 0.29) is 19.4 Å². The molecular weight excluding hydrogens is 1110 g/mol. The summed E-state index contributed by atoms with van der Waals surface area (Å²) in [6, 6.07) is -1.03. The van der Waals surface area contributed by atoms with E-state index in [1.165, 1.54) is 205 Å². The highest BCUT2D eigenvalue weighted by molar-refractivity contribution is 5.80. The van der Waals surface area contributed by atoms with Crippen molar-refractivity contribution in [3.05, 3.63) is 72.9 Å². The number of aliphatic hydroxyl groups is 5. The molecule has 1 amide bonds. The molecule has 8 unspecified atom stereocenters. The Morgan fingerprint density at radius 2 is 0.775 bits per heavy atom. The second-order valence-corrected chi connectivity index (χ2v) is 26.0. The number of hydrogen-bond acceptors (Lipinski definition) is 10. The zero-order valence-electron chi connectivity index (χ0n) is 57.8. The highest BCUT2D eigenvalue weighted by Gasteiger charge is 2.47. The standard InChI is InChI=1S/C78H141NO10/c1-4-7-10-13-16-19-22-24-26-28-30-32-34-35-36-37-38-40-42-44-46-48-51-54-57-60-63-66-73(83)89-76-75(85)74(84)72(67-80)88-78(76)87-68-69(70(81)64-61-58-55-52-49-21-18-15-12-9-6-3)79-77(86)71(82)65-62-59-56-53-50-47-45-43-41-39-33-31-29-27-25-23-20-17-14-11-8-5-2/h17,20,24-27,31,33,41,43,61,64,69-72,74-76,78,80-82,84-85H,4-16,18-19,21-23,28-30,32,34-40,42,44-60,62-63,65-68H2,1-3H3,(H,79,86)/b20-17-,26-24+,27-25-,33-31-,43-41-,64-61+. The van der Waals surface area contributed by atoms with Gasteiger partial charge in [-0.3, -0.25) is 9.59 Å². The van der Waals surface area contributed by atoms with Crippen molar-refractivity contribution in [2.24, 2.45) is 0 Å². The number of hydrogen-bond donors (Lipinski definition) is 6. The van der Waals surface area contributed by atoms with Gasteiger partial charge in [0.2, 0.25) is 5.91 Å². The molecule has 11 nitrogen and oxygen atoms in total. The number of aliphatic hydroxyl groups excluding tert-OH is 5. The number of unbranched alkanes of at least 4 members (excludes halogenated alkanes) is 41. The van der Waals surface area contributed by atoms with E-state index in [0.29, 0.717) is 12.8 Å². The molecule has 0 aliphatic carbocycles. The zero-order chi connectivity index (χ0) is 64.6. The molecule has 8 atom stereocenters. The Hall–Kier alpha value is -2.90. The van der Waals surface area contributed by atoms with Gasteiger partial charge in [0, 0.05) is 6.42 Å². The number of ether oxygens (including phenoxy) is 3. The molecule has 1 fully saturated rings. The van der Waals surface area contributed by atoms with Gasteiger partial charge in [-0.25, -0.2) is 0 Å². The summed E-state index contributed by atoms with van der Waals surface area (Å²) in [5.74, 6) is -1.20. The predicted molar refractivity (Wildman–Crippen MR) is 375 cm³/mol. The first-order valence-electron chi connectivity index (χ1n) is 37.7. The topological polar surface area (TPSA) is 175 Å². The van der Waals surface area contributed by atoms with Crippen molar-refractivity contribution in [2.45, 2.75) is 397 Å². The molecule has 0 spiro atoms. The second kappa shape index (κ2) is 65.2. The fourth-order valence-corrected chi connectivity index (χ4v) is 11.6. The second-order valence-electron chi connectivity index (χ2n) is 26.0. The number of carbonyl (C=O) groups is 2. The fourth-order valence-electron chi connectivity index (χ4n) is 11.6. The summed E-state index contributed by atoms with van der Waals surface area (Å²) in [5, 5.41) is 57.3. The van der Waals surface area contributed by atoms with Gasteiger partial charge in [0.1, 0.15) is 24.4 Å². The Morgan fingerprint density at radius 1 is 0.438 bits per heavy atom. The fraction of sp³-hybridized carbons (Fsp3) is 0.821. The maximum absolute atomic E-state index is 13.5. The summed E-state index contributed by atoms with van der Waals surface area (Å²) in [6.45, 7) is 5.79. The van der Waals surface area contributed by atoms with E-state index in [4.69, 9.17) is 14.2 Å². The minimum atomic E-state index is -1.62. The van der Waals surface area contributed by atoms with Gasteiger partial charge < -0.3 is 45.1 Å². The first-order chi connectivity index (χ1) is 43.7. The van der Waals surface area contributed by atoms with Crippen molar-refractivity contribution in [3.8, 4) is 0 Å². The van der Waals surface area contributed by atoms with Gasteiger partial charge in [0.25, 0.3) is 0 Å². The maximum atomic E-state index is 13.5. The molecule has 0 aromatic carbocycles. The van der Waals surface area contributed by atoms with Crippen molar-refractivity contribution in [1.29, 1.82) is 0 Å². The lowest BCUT2D eigenvalue weighted by atomic mass is 9.99. The van der Waals surface area contributed by atoms with Crippen LogP contribution in [0.15, 0.2) is 72.9 Å². The van der Waals surface area contributed by atoms with E-state index in [0.717, 1.165) is 96.3 Å². The van der Waals surface area contributed by atoms with Crippen molar-refractivity contribution >= 4 is 11.9 Å². The Kier molecular flexibility index (Phi) is 61.6. The summed E-state index contributed by atoms with van der Waals surface area (Å²) in [4.78, 5) is 26.7. The van der Waals surface area contributed by atoms with E-state index in [1.807, 2.05) is 6.08 Å². The number of carbonyl (C=O) groups excluding carboxylic acids is 2. The Morgan fingerprint density at radius 3 is 1.19 bits per heavy atom. The third kappa shape index (κ3) is 52.2. The van der Waals surface area contributed by atoms with Gasteiger partial charge in [-0.2, -0.15) is 0 Å². The van der Waals surface area contributed by atoms with Crippen LogP contribution >= 0.6 is 0 Å². The molecule has 89 heavy (non-hydrogen) atoms. The van der Waals surface area contributed by atoms with Gasteiger partial charge >= 0.3 is 5.97 Å². The normalized spacial score (nSPS) is 18.5. The number of allylic oxidation sites excluding steroid dienone is 11. The van der Waals surface area contributed by atoms with Crippen LogP contribution in [0.3, 0.4) is 0 Å². The van der Waals surface area contributed by atoms with E-state index >= 15 is 0 Å². The molecule has 11 heteroatoms. The van der Waals surface area contributed by atoms with Crippen molar-refractivity contribution in [3.63, 3.8) is 0 Å². The molecule has 1 aliphatic rings. The number of esters is 1. The molecule has 0 aromatic heterocycles. The van der Waals surface area contributed by atoms with Gasteiger partial charge in [0.15, 0.2) is 12.4 Å². The average molecular weight is 1250 g/mol. The summed E-state index contributed by atoms with van der Waals surface area (Å²) in [5.41, 5.74) is 0. The molecule has 0 bridgehead atoms. The third-order valence-corrected chi connectivity index (χ3v) is 17.6. The SMILES string of the molecule is CCCCC/C=C\C/C=C\C/C=C\C/C=C\CCCCCCCCC(O)C(=O)NC(COC1OC(CO)C(O)C(O)C1OC(=O)CCCCCCCCCCCCCCCCCCC/C=C/CCCCCCCC)C(O)/C=C/CCCCCCCCCCC. The van der Waals surface area contributed by atoms with E-state index in [2.05, 4.69) is 86.8 Å². The highest BCUT2D eigenvalue weighted by Crippen LogP contribution is 2.26. The third-order valence-electron chi connectivity index (χ3n) is 17.6. The molecule has 0 saturated carbocycles. The van der Waals surface area contributed by atoms with Gasteiger partial charge in [-0.15, -0.1) is 0 Å². The van der Waals surface area contributed by atoms with E-state index in [1.54, 1.807) is 6.08 Å². The summed E-state index contributed by atoms with van der Waals surface area (Å²) >= 11 is 0. The van der Waals surface area contributed by atoms with Crippen LogP contribution in [0.1, 0.15) is 348 Å². The van der Waals surface area contributed by atoms with Crippen LogP contribution in [0, 0.1) is 0 Å². The molecule has 0 aromatic rings. The Labute approximate surface area is 547 Å². The largest absolute Gasteiger partial charge is 0.454 e. The van der Waals surface area contributed by atoms with Crippen LogP contribution in [0.2, 0.25) is 0 Å². The lowest BCUT2D eigenvalue weighted by molar-refractivity contribution is -0.305. The minimum Gasteiger partial charge on any atom is -0.454 e. The Balaban J connectivity index is 2.51. The van der Waals surface area contributed by atoms with E-state index < -0.39 is 67.4 Å². The smallest absolute Gasteiger partial charge is 0.306 e. The first kappa shape index (κ1) is 84.1. The zero-order valence-corrected chi connectivity index (χ0v) is 57.8. The van der Waals surface area contributed by atoms with Crippen molar-refractivity contribution in [2.75, 3.05) is 13.2 Å². The first-order valence-corrected chi connectivity index (χ1v) is 37.7. The monoisotopic (exact) mass is 1250 g/mol. The van der Waals surface area contributed by atoms with Gasteiger partial charge in [0.05, 0.1) is 25.4 Å². The van der Waals surface area contributed by atoms with Crippen LogP contribution in [0.5, 0.6) is 0 Å². The van der Waals surface area contributed by atoms with Crippen LogP contribution in [0.4, 0.5) is 0 Å². The molecule has 1 heterocycles. The number of amides is 1. The quantitative estimate of drug-likeness (QED) is 0.0195. The van der Waals surface area contributed by atoms with Crippen LogP contribution < -0.4 is 5.32 Å². The van der Waals surface area contributed by atoms with Crippen molar-refractivity contribution < 1.29 is 49.3 Å². The number of rotatable bonds is 65. The predicted octanol–water partition coefficient (Wildman–Crippen LogP) is 19.9. The molecule has 0 radical (unpaired) electrons. The number of nitrogens with one attached hydrogen (secondary N) is 1. The summed E-state index contributed by atoms with van der Waals surface area (Å²) in [7, 11) is 0. The van der Waals surface area contributed by atoms with Crippen molar-refractivity contribution in [1.82, 2.24) is 5.32 Å². The highest BCUT2D eigenvalue weighted by atomic mass is 16.7. The molecular formula is C78H141NO10. The van der Waals surface area contributed by atoms with Crippen LogP contribution in [-0.4, -0.2) is 99.6 Å². The molecule has 1 saturated heterocycles. The molecule has 1 aliphatic heterocycles. The minimum absolute atomic E-state index is 0.123. The van der Waals surface area contributed by atoms with Crippen LogP contribution in [0.25, 0.3) is 0 Å². The van der Waals surface area contributed by atoms with Gasteiger partial charge in [-0.05, 0) is 96.3 Å². The Bertz CT molecular complexity index is 1730. The van der Waals surface area contributed by atoms with E-state index in [9.17, 15) is 35.1 Å². The lowest BCUT2D eigenvalue weighted by Crippen LogP contribution is -2.61. The average Bonchev–Trinajstić information content (AvgIpc) is 2.36. The summed E-state index contributed by atoms with van der Waals surface area (Å²) in [6.07, 6.45) is 75.2. The lowest BCUT2D eigenvalue weighted by Gasteiger charge is -2.41. The van der Waals surface area contributed by atoms with Gasteiger partial charge in [-0.1, -0.05) is 318 Å². The molecule has 6 N–H and O–H groups in total. The molecule has 518 valence electrons. The molecule has 1 rings (SSSR count).